The number of sulfone groups is 1. The van der Waals surface area contributed by atoms with E-state index in [1.54, 1.807) is 31.3 Å². The number of halogens is 2. The van der Waals surface area contributed by atoms with Gasteiger partial charge in [-0.25, -0.2) is 8.42 Å². The van der Waals surface area contributed by atoms with Crippen molar-refractivity contribution in [2.45, 2.75) is 31.6 Å². The molecule has 1 aromatic carbocycles. The van der Waals surface area contributed by atoms with E-state index in [0.29, 0.717) is 23.3 Å². The summed E-state index contributed by atoms with van der Waals surface area (Å²) < 4.78 is 25.3. The molecule has 0 unspecified atom stereocenters. The fourth-order valence-corrected chi connectivity index (χ4v) is 3.42. The summed E-state index contributed by atoms with van der Waals surface area (Å²) in [6.45, 7) is 5.54. The zero-order valence-corrected chi connectivity index (χ0v) is 19.1. The zero-order valence-electron chi connectivity index (χ0n) is 14.4. The van der Waals surface area contributed by atoms with Gasteiger partial charge in [-0.05, 0) is 43.0 Å². The van der Waals surface area contributed by atoms with E-state index in [0.717, 1.165) is 23.9 Å². The summed E-state index contributed by atoms with van der Waals surface area (Å²) in [7, 11) is -1.60. The number of nitrogens with zero attached hydrogens (tertiary/aromatic N) is 1. The van der Waals surface area contributed by atoms with Gasteiger partial charge in [0.1, 0.15) is 0 Å². The minimum Gasteiger partial charge on any atom is -0.356 e. The topological polar surface area (TPSA) is 70.6 Å². The van der Waals surface area contributed by atoms with Crippen molar-refractivity contribution in [2.75, 3.05) is 25.9 Å². The molecule has 24 heavy (non-hydrogen) atoms. The van der Waals surface area contributed by atoms with Crippen LogP contribution < -0.4 is 10.6 Å². The van der Waals surface area contributed by atoms with Gasteiger partial charge in [0, 0.05) is 24.6 Å². The second-order valence-electron chi connectivity index (χ2n) is 5.73. The Balaban J connectivity index is 0.00000529. The molecule has 0 radical (unpaired) electrons. The first kappa shape index (κ1) is 23.6. The molecule has 0 aliphatic rings. The Morgan fingerprint density at radius 2 is 1.75 bits per heavy atom. The van der Waals surface area contributed by atoms with Gasteiger partial charge in [-0.3, -0.25) is 4.99 Å². The molecule has 5 nitrogen and oxygen atoms in total. The van der Waals surface area contributed by atoms with Crippen LogP contribution in [0.4, 0.5) is 0 Å². The molecule has 0 atom stereocenters. The number of aliphatic imine (C=N–C) groups is 1. The number of hydrogen-bond acceptors (Lipinski definition) is 3. The lowest BCUT2D eigenvalue weighted by Gasteiger charge is -2.12. The van der Waals surface area contributed by atoms with Crippen molar-refractivity contribution in [1.29, 1.82) is 0 Å². The average Bonchev–Trinajstić information content (AvgIpc) is 2.49. The van der Waals surface area contributed by atoms with Gasteiger partial charge in [-0.1, -0.05) is 29.8 Å². The predicted molar refractivity (Wildman–Crippen MR) is 115 cm³/mol. The molecule has 0 saturated heterocycles. The first-order valence-corrected chi connectivity index (χ1v) is 10.2. The maximum Gasteiger partial charge on any atom is 0.191 e. The molecular formula is C16H27BrIN3O2S. The third-order valence-electron chi connectivity index (χ3n) is 3.31. The molecule has 8 heteroatoms. The van der Waals surface area contributed by atoms with Gasteiger partial charge in [0.05, 0.1) is 10.6 Å². The molecule has 2 N–H and O–H groups in total. The average molecular weight is 532 g/mol. The highest BCUT2D eigenvalue weighted by Crippen LogP contribution is 2.15. The molecule has 1 rings (SSSR count). The van der Waals surface area contributed by atoms with Gasteiger partial charge in [-0.2, -0.15) is 0 Å². The number of nitrogens with one attached hydrogen (secondary N) is 2. The maximum absolute atomic E-state index is 12.2. The zero-order chi connectivity index (χ0) is 17.3. The fourth-order valence-electron chi connectivity index (χ4n) is 2.00. The Hall–Kier alpha value is -0.350. The summed E-state index contributed by atoms with van der Waals surface area (Å²) >= 11 is 3.30. The molecule has 0 aliphatic heterocycles. The van der Waals surface area contributed by atoms with E-state index in [2.05, 4.69) is 45.4 Å². The van der Waals surface area contributed by atoms with Crippen LogP contribution in [0.2, 0.25) is 0 Å². The second-order valence-corrected chi connectivity index (χ2v) is 8.76. The summed E-state index contributed by atoms with van der Waals surface area (Å²) in [5, 5.41) is 6.24. The number of guanidine groups is 1. The lowest BCUT2D eigenvalue weighted by molar-refractivity contribution is 0.549. The monoisotopic (exact) mass is 531 g/mol. The van der Waals surface area contributed by atoms with Crippen LogP contribution in [-0.2, 0) is 9.84 Å². The lowest BCUT2D eigenvalue weighted by Crippen LogP contribution is -2.40. The van der Waals surface area contributed by atoms with Crippen LogP contribution in [0.15, 0.2) is 38.6 Å². The Bertz CT molecular complexity index is 604. The van der Waals surface area contributed by atoms with Gasteiger partial charge in [0.25, 0.3) is 0 Å². The third-order valence-corrected chi connectivity index (χ3v) is 5.57. The van der Waals surface area contributed by atoms with E-state index >= 15 is 0 Å². The normalized spacial score (nSPS) is 12.0. The summed E-state index contributed by atoms with van der Waals surface area (Å²) in [4.78, 5) is 4.44. The SMILES string of the molecule is CN=C(NCCCC(C)C)NCCS(=O)(=O)c1ccc(Br)cc1.I. The van der Waals surface area contributed by atoms with Crippen LogP contribution >= 0.6 is 39.9 Å². The Morgan fingerprint density at radius 1 is 1.17 bits per heavy atom. The van der Waals surface area contributed by atoms with Crippen LogP contribution in [0.25, 0.3) is 0 Å². The predicted octanol–water partition coefficient (Wildman–Crippen LogP) is 3.44. The number of benzene rings is 1. The van der Waals surface area contributed by atoms with E-state index in [1.807, 2.05) is 0 Å². The van der Waals surface area contributed by atoms with Gasteiger partial charge >= 0.3 is 0 Å². The highest BCUT2D eigenvalue weighted by Gasteiger charge is 2.14. The van der Waals surface area contributed by atoms with Gasteiger partial charge in [-0.15, -0.1) is 24.0 Å². The minimum atomic E-state index is -3.28. The van der Waals surface area contributed by atoms with Gasteiger partial charge in [0.2, 0.25) is 0 Å². The lowest BCUT2D eigenvalue weighted by atomic mass is 10.1. The Kier molecular flexibility index (Phi) is 11.9. The Morgan fingerprint density at radius 3 is 2.29 bits per heavy atom. The molecule has 0 fully saturated rings. The van der Waals surface area contributed by atoms with Crippen molar-refractivity contribution in [3.63, 3.8) is 0 Å². The summed E-state index contributed by atoms with van der Waals surface area (Å²) in [6, 6.07) is 6.68. The molecule has 138 valence electrons. The van der Waals surface area contributed by atoms with Crippen LogP contribution in [0.1, 0.15) is 26.7 Å². The molecule has 0 aromatic heterocycles. The van der Waals surface area contributed by atoms with Crippen LogP contribution in [0, 0.1) is 5.92 Å². The van der Waals surface area contributed by atoms with E-state index in [-0.39, 0.29) is 29.7 Å². The number of rotatable bonds is 8. The van der Waals surface area contributed by atoms with Crippen molar-refractivity contribution in [3.05, 3.63) is 28.7 Å². The van der Waals surface area contributed by atoms with Crippen molar-refractivity contribution >= 4 is 55.7 Å². The van der Waals surface area contributed by atoms with Gasteiger partial charge in [0.15, 0.2) is 15.8 Å². The highest BCUT2D eigenvalue weighted by atomic mass is 127. The maximum atomic E-state index is 12.2. The van der Waals surface area contributed by atoms with Crippen molar-refractivity contribution < 1.29 is 8.42 Å². The molecular weight excluding hydrogens is 505 g/mol. The van der Waals surface area contributed by atoms with Crippen LogP contribution in [-0.4, -0.2) is 40.3 Å². The van der Waals surface area contributed by atoms with Crippen molar-refractivity contribution in [1.82, 2.24) is 10.6 Å². The fraction of sp³-hybridized carbons (Fsp3) is 0.562. The molecule has 0 spiro atoms. The first-order valence-electron chi connectivity index (χ1n) is 7.78. The minimum absolute atomic E-state index is 0. The Labute approximate surface area is 171 Å². The molecule has 0 bridgehead atoms. The van der Waals surface area contributed by atoms with E-state index < -0.39 is 9.84 Å². The van der Waals surface area contributed by atoms with Crippen LogP contribution in [0.5, 0.6) is 0 Å². The summed E-state index contributed by atoms with van der Waals surface area (Å²) in [5.41, 5.74) is 0. The quantitative estimate of drug-likeness (QED) is 0.233. The van der Waals surface area contributed by atoms with Crippen molar-refractivity contribution in [3.8, 4) is 0 Å². The van der Waals surface area contributed by atoms with Crippen LogP contribution in [0.3, 0.4) is 0 Å². The standard InChI is InChI=1S/C16H26BrN3O2S.HI/c1-13(2)5-4-10-19-16(18-3)20-11-12-23(21,22)15-8-6-14(17)7-9-15;/h6-9,13H,4-5,10-12H2,1-3H3,(H2,18,19,20);1H. The molecule has 1 aromatic rings. The van der Waals surface area contributed by atoms with E-state index in [4.69, 9.17) is 0 Å². The van der Waals surface area contributed by atoms with E-state index in [1.165, 1.54) is 0 Å². The third kappa shape index (κ3) is 9.22. The summed E-state index contributed by atoms with van der Waals surface area (Å²) in [5.74, 6) is 1.35. The van der Waals surface area contributed by atoms with Gasteiger partial charge < -0.3 is 10.6 Å². The number of hydrogen-bond donors (Lipinski definition) is 2. The van der Waals surface area contributed by atoms with Crippen molar-refractivity contribution in [2.24, 2.45) is 10.9 Å². The largest absolute Gasteiger partial charge is 0.356 e. The summed E-state index contributed by atoms with van der Waals surface area (Å²) in [6.07, 6.45) is 2.22. The second kappa shape index (κ2) is 12.1. The molecule has 0 saturated carbocycles. The first-order chi connectivity index (χ1) is 10.8. The smallest absolute Gasteiger partial charge is 0.191 e. The molecule has 0 aliphatic carbocycles. The molecule has 0 heterocycles. The van der Waals surface area contributed by atoms with E-state index in [9.17, 15) is 8.42 Å². The molecule has 0 amide bonds. The highest BCUT2D eigenvalue weighted by molar-refractivity contribution is 14.0.